The number of hydrogen-bond acceptors (Lipinski definition) is 12. The first-order valence-electron chi connectivity index (χ1n) is 12.9. The molecule has 4 aromatic rings. The number of phenols is 7. The Bertz CT molecular complexity index is 1790. The molecule has 3 aliphatic heterocycles. The molecule has 0 aliphatic carbocycles. The SMILES string of the molecule is Oc1cc(O)c2c(c1)O[C@]1(c3ccc(O)c(O)c3)Oc3cc(O)c4c(c3[C@H]2[C@@H]1O)OC(c1ccc(O)c(O)c1)C(O)C4. The van der Waals surface area contributed by atoms with Gasteiger partial charge < -0.3 is 60.2 Å². The van der Waals surface area contributed by atoms with E-state index >= 15 is 0 Å². The highest BCUT2D eigenvalue weighted by Gasteiger charge is 2.60. The van der Waals surface area contributed by atoms with Crippen LogP contribution in [-0.4, -0.2) is 58.2 Å². The molecule has 3 aliphatic rings. The molecule has 12 nitrogen and oxygen atoms in total. The van der Waals surface area contributed by atoms with Crippen molar-refractivity contribution < 1.29 is 60.2 Å². The van der Waals surface area contributed by atoms with Crippen LogP contribution in [0, 0.1) is 0 Å². The van der Waals surface area contributed by atoms with Gasteiger partial charge in [-0.3, -0.25) is 0 Å². The molecule has 0 spiro atoms. The number of phenolic OH excluding ortho intramolecular Hbond substituents is 7. The number of benzene rings is 4. The standard InChI is InChI=1S/C30H24O12/c31-13-7-20(37)24-22(8-13)41-30(12-2-4-16(33)19(36)6-12)29(39)26(24)25-23(42-30)10-17(34)14-9-21(38)27(40-28(14)25)11-1-3-15(32)18(35)5-11/h1-8,10,21,26-27,29,31-39H,9H2/t21?,26-,27?,29-,30+/m0/s1. The Morgan fingerprint density at radius 2 is 1.31 bits per heavy atom. The number of fused-ring (bicyclic) bond motifs is 8. The molecular weight excluding hydrogens is 552 g/mol. The Labute approximate surface area is 236 Å². The van der Waals surface area contributed by atoms with Gasteiger partial charge >= 0.3 is 5.79 Å². The normalized spacial score (nSPS) is 25.2. The van der Waals surface area contributed by atoms with E-state index in [9.17, 15) is 46.0 Å². The molecule has 3 heterocycles. The lowest BCUT2D eigenvalue weighted by atomic mass is 9.74. The molecule has 5 atom stereocenters. The summed E-state index contributed by atoms with van der Waals surface area (Å²) in [6, 6.07) is 11.1. The summed E-state index contributed by atoms with van der Waals surface area (Å²) in [5.41, 5.74) is 0.842. The third kappa shape index (κ3) is 3.49. The molecule has 0 saturated carbocycles. The van der Waals surface area contributed by atoms with Gasteiger partial charge in [-0.05, 0) is 35.9 Å². The monoisotopic (exact) mass is 576 g/mol. The van der Waals surface area contributed by atoms with Gasteiger partial charge in [0.05, 0.1) is 12.0 Å². The van der Waals surface area contributed by atoms with Crippen LogP contribution in [0.2, 0.25) is 0 Å². The van der Waals surface area contributed by atoms with E-state index in [1.165, 1.54) is 42.5 Å². The van der Waals surface area contributed by atoms with E-state index in [2.05, 4.69) is 0 Å². The lowest BCUT2D eigenvalue weighted by Crippen LogP contribution is -2.57. The third-order valence-electron chi connectivity index (χ3n) is 8.03. The minimum atomic E-state index is -2.09. The maximum Gasteiger partial charge on any atom is 0.305 e. The Morgan fingerprint density at radius 1 is 0.643 bits per heavy atom. The summed E-state index contributed by atoms with van der Waals surface area (Å²) in [6.07, 6.45) is -4.00. The van der Waals surface area contributed by atoms with Crippen molar-refractivity contribution >= 4 is 0 Å². The fourth-order valence-corrected chi connectivity index (χ4v) is 6.09. The van der Waals surface area contributed by atoms with Crippen LogP contribution in [0.3, 0.4) is 0 Å². The highest BCUT2D eigenvalue weighted by molar-refractivity contribution is 5.68. The van der Waals surface area contributed by atoms with Gasteiger partial charge in [0.15, 0.2) is 23.0 Å². The van der Waals surface area contributed by atoms with Crippen LogP contribution in [-0.2, 0) is 12.2 Å². The zero-order valence-corrected chi connectivity index (χ0v) is 21.5. The summed E-state index contributed by atoms with van der Waals surface area (Å²) in [4.78, 5) is 0. The first-order chi connectivity index (χ1) is 20.0. The van der Waals surface area contributed by atoms with E-state index in [4.69, 9.17) is 14.2 Å². The first-order valence-corrected chi connectivity index (χ1v) is 12.9. The largest absolute Gasteiger partial charge is 0.508 e. The lowest BCUT2D eigenvalue weighted by Gasteiger charge is -2.50. The molecule has 0 fully saturated rings. The molecule has 2 unspecified atom stereocenters. The Balaban J connectivity index is 1.47. The van der Waals surface area contributed by atoms with Crippen LogP contribution in [0.1, 0.15) is 39.8 Å². The van der Waals surface area contributed by atoms with E-state index < -0.39 is 53.0 Å². The van der Waals surface area contributed by atoms with Gasteiger partial charge in [0, 0.05) is 46.9 Å². The van der Waals surface area contributed by atoms with Gasteiger partial charge in [0.2, 0.25) is 0 Å². The Kier molecular flexibility index (Phi) is 5.30. The first kappa shape index (κ1) is 25.7. The van der Waals surface area contributed by atoms with Crippen LogP contribution in [0.15, 0.2) is 54.6 Å². The van der Waals surface area contributed by atoms with Crippen LogP contribution in [0.5, 0.6) is 57.5 Å². The van der Waals surface area contributed by atoms with E-state index in [-0.39, 0.29) is 63.2 Å². The van der Waals surface area contributed by atoms with Crippen LogP contribution in [0.4, 0.5) is 0 Å². The van der Waals surface area contributed by atoms with Gasteiger partial charge in [0.1, 0.15) is 46.7 Å². The predicted octanol–water partition coefficient (Wildman–Crippen LogP) is 2.79. The molecule has 0 amide bonds. The fourth-order valence-electron chi connectivity index (χ4n) is 6.09. The van der Waals surface area contributed by atoms with Gasteiger partial charge in [0.25, 0.3) is 0 Å². The molecule has 12 heteroatoms. The minimum absolute atomic E-state index is 0.0177. The molecule has 216 valence electrons. The topological polar surface area (TPSA) is 210 Å². The summed E-state index contributed by atoms with van der Waals surface area (Å²) in [7, 11) is 0. The average Bonchev–Trinajstić information content (AvgIpc) is 2.92. The molecule has 9 N–H and O–H groups in total. The van der Waals surface area contributed by atoms with Crippen molar-refractivity contribution in [1.82, 2.24) is 0 Å². The maximum atomic E-state index is 11.9. The van der Waals surface area contributed by atoms with Crippen molar-refractivity contribution in [3.05, 3.63) is 82.4 Å². The van der Waals surface area contributed by atoms with Gasteiger partial charge in [-0.1, -0.05) is 6.07 Å². The van der Waals surface area contributed by atoms with E-state index in [0.29, 0.717) is 5.56 Å². The van der Waals surface area contributed by atoms with Gasteiger partial charge in [-0.15, -0.1) is 0 Å². The van der Waals surface area contributed by atoms with Gasteiger partial charge in [-0.2, -0.15) is 0 Å². The zero-order valence-electron chi connectivity index (χ0n) is 21.5. The number of rotatable bonds is 2. The van der Waals surface area contributed by atoms with Crippen molar-refractivity contribution in [2.45, 2.75) is 36.4 Å². The second-order valence-corrected chi connectivity index (χ2v) is 10.5. The summed E-state index contributed by atoms with van der Waals surface area (Å²) >= 11 is 0. The molecular formula is C30H24O12. The molecule has 0 saturated heterocycles. The fraction of sp³-hybridized carbons (Fsp3) is 0.200. The summed E-state index contributed by atoms with van der Waals surface area (Å²) < 4.78 is 18.6. The molecule has 7 rings (SSSR count). The van der Waals surface area contributed by atoms with Crippen LogP contribution >= 0.6 is 0 Å². The lowest BCUT2D eigenvalue weighted by molar-refractivity contribution is -0.219. The Hall–Kier alpha value is -5.20. The number of aliphatic hydroxyl groups is 2. The van der Waals surface area contributed by atoms with Crippen molar-refractivity contribution in [3.63, 3.8) is 0 Å². The number of aromatic hydroxyl groups is 7. The van der Waals surface area contributed by atoms with Crippen molar-refractivity contribution in [3.8, 4) is 57.5 Å². The maximum absolute atomic E-state index is 11.9. The molecule has 4 aromatic carbocycles. The molecule has 0 aromatic heterocycles. The summed E-state index contributed by atoms with van der Waals surface area (Å²) in [6.45, 7) is 0. The van der Waals surface area contributed by atoms with E-state index in [1.54, 1.807) is 0 Å². The average molecular weight is 577 g/mol. The second kappa shape index (κ2) is 8.65. The van der Waals surface area contributed by atoms with E-state index in [0.717, 1.165) is 12.1 Å². The van der Waals surface area contributed by atoms with Crippen molar-refractivity contribution in [2.75, 3.05) is 0 Å². The third-order valence-corrected chi connectivity index (χ3v) is 8.03. The highest BCUT2D eigenvalue weighted by atomic mass is 16.7. The predicted molar refractivity (Wildman–Crippen MR) is 141 cm³/mol. The number of aliphatic hydroxyl groups excluding tert-OH is 2. The number of ether oxygens (including phenoxy) is 3. The minimum Gasteiger partial charge on any atom is -0.508 e. The highest BCUT2D eigenvalue weighted by Crippen LogP contribution is 2.62. The molecule has 2 bridgehead atoms. The van der Waals surface area contributed by atoms with Crippen LogP contribution < -0.4 is 14.2 Å². The summed E-state index contributed by atoms with van der Waals surface area (Å²) in [5.74, 6) is -6.11. The van der Waals surface area contributed by atoms with Crippen molar-refractivity contribution in [1.29, 1.82) is 0 Å². The molecule has 42 heavy (non-hydrogen) atoms. The van der Waals surface area contributed by atoms with E-state index in [1.807, 2.05) is 0 Å². The Morgan fingerprint density at radius 3 is 2.00 bits per heavy atom. The molecule has 0 radical (unpaired) electrons. The smallest absolute Gasteiger partial charge is 0.305 e. The zero-order chi connectivity index (χ0) is 29.7. The van der Waals surface area contributed by atoms with Gasteiger partial charge in [-0.25, -0.2) is 0 Å². The summed E-state index contributed by atoms with van der Waals surface area (Å²) in [5, 5.41) is 95.1. The van der Waals surface area contributed by atoms with Crippen molar-refractivity contribution in [2.24, 2.45) is 0 Å². The van der Waals surface area contributed by atoms with Crippen LogP contribution in [0.25, 0.3) is 0 Å². The second-order valence-electron chi connectivity index (χ2n) is 10.5. The quantitative estimate of drug-likeness (QED) is 0.158. The number of hydrogen-bond donors (Lipinski definition) is 9.